The first-order valence-corrected chi connectivity index (χ1v) is 11.0. The standard InChI is InChI=1S/C26H27ClN2O2/c1-19-13-14-24(20(2)17-19)30-16-8-7-15-29-23-11-5-4-10-22(23)28-26(29)18-31-25-12-6-3-9-21(25)27/h3-6,9-14,17H,7-8,15-16,18H2,1-2H3. The second-order valence-corrected chi connectivity index (χ2v) is 8.12. The van der Waals surface area contributed by atoms with Gasteiger partial charge in [-0.2, -0.15) is 0 Å². The summed E-state index contributed by atoms with van der Waals surface area (Å²) in [5, 5.41) is 0.605. The van der Waals surface area contributed by atoms with Crippen molar-refractivity contribution in [2.75, 3.05) is 6.61 Å². The molecule has 0 aliphatic rings. The van der Waals surface area contributed by atoms with Crippen LogP contribution in [-0.2, 0) is 13.2 Å². The first-order valence-electron chi connectivity index (χ1n) is 10.6. The van der Waals surface area contributed by atoms with Crippen molar-refractivity contribution >= 4 is 22.6 Å². The summed E-state index contributed by atoms with van der Waals surface area (Å²) in [7, 11) is 0. The van der Waals surface area contributed by atoms with E-state index in [9.17, 15) is 0 Å². The van der Waals surface area contributed by atoms with Gasteiger partial charge in [-0.05, 0) is 62.6 Å². The van der Waals surface area contributed by atoms with Crippen LogP contribution in [0.2, 0.25) is 5.02 Å². The highest BCUT2D eigenvalue weighted by molar-refractivity contribution is 6.32. The molecule has 4 nitrogen and oxygen atoms in total. The Balaban J connectivity index is 1.39. The van der Waals surface area contributed by atoms with Crippen molar-refractivity contribution in [3.63, 3.8) is 0 Å². The van der Waals surface area contributed by atoms with Gasteiger partial charge in [-0.15, -0.1) is 0 Å². The molecule has 4 aromatic rings. The zero-order valence-corrected chi connectivity index (χ0v) is 18.7. The van der Waals surface area contributed by atoms with Crippen LogP contribution in [0.15, 0.2) is 66.7 Å². The first-order chi connectivity index (χ1) is 15.1. The fraction of sp³-hybridized carbons (Fsp3) is 0.269. The van der Waals surface area contributed by atoms with Crippen molar-refractivity contribution in [1.29, 1.82) is 0 Å². The van der Waals surface area contributed by atoms with E-state index in [1.165, 1.54) is 11.1 Å². The van der Waals surface area contributed by atoms with Crippen LogP contribution in [0.1, 0.15) is 29.8 Å². The summed E-state index contributed by atoms with van der Waals surface area (Å²) in [5.41, 5.74) is 4.53. The van der Waals surface area contributed by atoms with Gasteiger partial charge in [0.05, 0.1) is 22.7 Å². The number of ether oxygens (including phenoxy) is 2. The monoisotopic (exact) mass is 434 g/mol. The van der Waals surface area contributed by atoms with Crippen LogP contribution in [0.3, 0.4) is 0 Å². The molecule has 0 radical (unpaired) electrons. The number of imidazole rings is 1. The number of rotatable bonds is 9. The minimum absolute atomic E-state index is 0.372. The summed E-state index contributed by atoms with van der Waals surface area (Å²) in [4.78, 5) is 4.79. The number of aryl methyl sites for hydroxylation is 3. The number of hydrogen-bond acceptors (Lipinski definition) is 3. The third kappa shape index (κ3) is 5.20. The van der Waals surface area contributed by atoms with Crippen molar-refractivity contribution < 1.29 is 9.47 Å². The second-order valence-electron chi connectivity index (χ2n) is 7.71. The van der Waals surface area contributed by atoms with Gasteiger partial charge in [0.1, 0.15) is 23.9 Å². The SMILES string of the molecule is Cc1ccc(OCCCCn2c(COc3ccccc3Cl)nc3ccccc32)c(C)c1. The maximum absolute atomic E-state index is 6.23. The number of halogens is 1. The molecule has 0 unspecified atom stereocenters. The molecule has 31 heavy (non-hydrogen) atoms. The maximum Gasteiger partial charge on any atom is 0.147 e. The second kappa shape index (κ2) is 9.88. The summed E-state index contributed by atoms with van der Waals surface area (Å²) in [5.74, 6) is 2.54. The molecule has 0 aliphatic heterocycles. The molecule has 0 saturated carbocycles. The Morgan fingerprint density at radius 1 is 0.871 bits per heavy atom. The molecule has 0 N–H and O–H groups in total. The highest BCUT2D eigenvalue weighted by Gasteiger charge is 2.12. The lowest BCUT2D eigenvalue weighted by Crippen LogP contribution is -2.09. The fourth-order valence-corrected chi connectivity index (χ4v) is 3.89. The zero-order valence-electron chi connectivity index (χ0n) is 18.0. The van der Waals surface area contributed by atoms with E-state index in [0.29, 0.717) is 24.0 Å². The average molecular weight is 435 g/mol. The Kier molecular flexibility index (Phi) is 6.78. The number of unbranched alkanes of at least 4 members (excludes halogenated alkanes) is 1. The van der Waals surface area contributed by atoms with E-state index in [1.54, 1.807) is 0 Å². The lowest BCUT2D eigenvalue weighted by Gasteiger charge is -2.12. The van der Waals surface area contributed by atoms with Gasteiger partial charge in [0, 0.05) is 6.54 Å². The molecule has 0 bridgehead atoms. The molecular formula is C26H27ClN2O2. The predicted octanol–water partition coefficient (Wildman–Crippen LogP) is 6.74. The highest BCUT2D eigenvalue weighted by Crippen LogP contribution is 2.25. The Bertz CT molecular complexity index is 1170. The molecule has 0 amide bonds. The van der Waals surface area contributed by atoms with Gasteiger partial charge < -0.3 is 14.0 Å². The van der Waals surface area contributed by atoms with E-state index in [4.69, 9.17) is 26.1 Å². The number of para-hydroxylation sites is 3. The van der Waals surface area contributed by atoms with Crippen molar-refractivity contribution in [3.8, 4) is 11.5 Å². The molecule has 0 spiro atoms. The Hall–Kier alpha value is -2.98. The molecule has 1 aromatic heterocycles. The van der Waals surface area contributed by atoms with Crippen LogP contribution in [0.25, 0.3) is 11.0 Å². The summed E-state index contributed by atoms with van der Waals surface area (Å²) >= 11 is 6.23. The summed E-state index contributed by atoms with van der Waals surface area (Å²) in [6.07, 6.45) is 1.95. The van der Waals surface area contributed by atoms with E-state index in [0.717, 1.165) is 42.0 Å². The molecule has 0 saturated heterocycles. The Labute approximate surface area is 188 Å². The molecule has 4 rings (SSSR count). The van der Waals surface area contributed by atoms with Crippen LogP contribution in [0, 0.1) is 13.8 Å². The van der Waals surface area contributed by atoms with Crippen molar-refractivity contribution in [2.45, 2.75) is 39.8 Å². The minimum Gasteiger partial charge on any atom is -0.493 e. The Morgan fingerprint density at radius 3 is 2.52 bits per heavy atom. The van der Waals surface area contributed by atoms with E-state index in [-0.39, 0.29) is 0 Å². The minimum atomic E-state index is 0.372. The van der Waals surface area contributed by atoms with Gasteiger partial charge in [0.2, 0.25) is 0 Å². The lowest BCUT2D eigenvalue weighted by atomic mass is 10.1. The molecule has 3 aromatic carbocycles. The molecule has 5 heteroatoms. The summed E-state index contributed by atoms with van der Waals surface area (Å²) in [6.45, 7) is 6.11. The number of fused-ring (bicyclic) bond motifs is 1. The highest BCUT2D eigenvalue weighted by atomic mass is 35.5. The van der Waals surface area contributed by atoms with Crippen LogP contribution < -0.4 is 9.47 Å². The van der Waals surface area contributed by atoms with E-state index in [2.05, 4.69) is 42.7 Å². The predicted molar refractivity (Wildman–Crippen MR) is 126 cm³/mol. The number of nitrogens with zero attached hydrogens (tertiary/aromatic N) is 2. The Morgan fingerprint density at radius 2 is 1.68 bits per heavy atom. The quantitative estimate of drug-likeness (QED) is 0.273. The first kappa shape index (κ1) is 21.3. The van der Waals surface area contributed by atoms with Gasteiger partial charge in [-0.25, -0.2) is 4.98 Å². The van der Waals surface area contributed by atoms with Gasteiger partial charge in [-0.1, -0.05) is 53.6 Å². The van der Waals surface area contributed by atoms with E-state index in [1.807, 2.05) is 42.5 Å². The number of hydrogen-bond donors (Lipinski definition) is 0. The summed E-state index contributed by atoms with van der Waals surface area (Å²) in [6, 6.07) is 22.0. The molecule has 0 atom stereocenters. The van der Waals surface area contributed by atoms with Crippen LogP contribution in [0.5, 0.6) is 11.5 Å². The molecular weight excluding hydrogens is 408 g/mol. The number of aromatic nitrogens is 2. The fourth-order valence-electron chi connectivity index (χ4n) is 3.70. The topological polar surface area (TPSA) is 36.3 Å². The molecule has 1 heterocycles. The molecule has 0 aliphatic carbocycles. The van der Waals surface area contributed by atoms with Gasteiger partial charge in [-0.3, -0.25) is 0 Å². The lowest BCUT2D eigenvalue weighted by molar-refractivity contribution is 0.285. The third-order valence-corrected chi connectivity index (χ3v) is 5.60. The van der Waals surface area contributed by atoms with E-state index >= 15 is 0 Å². The third-order valence-electron chi connectivity index (χ3n) is 5.29. The zero-order chi connectivity index (χ0) is 21.6. The number of benzene rings is 3. The smallest absolute Gasteiger partial charge is 0.147 e. The molecule has 160 valence electrons. The average Bonchev–Trinajstić information content (AvgIpc) is 3.12. The van der Waals surface area contributed by atoms with Crippen LogP contribution in [-0.4, -0.2) is 16.2 Å². The van der Waals surface area contributed by atoms with Gasteiger partial charge in [0.25, 0.3) is 0 Å². The van der Waals surface area contributed by atoms with Crippen molar-refractivity contribution in [3.05, 3.63) is 88.7 Å². The normalized spacial score (nSPS) is 11.1. The van der Waals surface area contributed by atoms with Crippen molar-refractivity contribution in [1.82, 2.24) is 9.55 Å². The summed E-state index contributed by atoms with van der Waals surface area (Å²) < 4.78 is 14.2. The largest absolute Gasteiger partial charge is 0.493 e. The van der Waals surface area contributed by atoms with Crippen LogP contribution >= 0.6 is 11.6 Å². The van der Waals surface area contributed by atoms with E-state index < -0.39 is 0 Å². The van der Waals surface area contributed by atoms with Gasteiger partial charge in [0.15, 0.2) is 0 Å². The van der Waals surface area contributed by atoms with Crippen LogP contribution in [0.4, 0.5) is 0 Å². The van der Waals surface area contributed by atoms with Gasteiger partial charge >= 0.3 is 0 Å². The van der Waals surface area contributed by atoms with Crippen molar-refractivity contribution in [2.24, 2.45) is 0 Å². The maximum atomic E-state index is 6.23. The molecule has 0 fully saturated rings.